The zero-order chi connectivity index (χ0) is 14.0. The lowest BCUT2D eigenvalue weighted by Gasteiger charge is -2.46. The minimum absolute atomic E-state index is 0.0800. The average Bonchev–Trinajstić information content (AvgIpc) is 2.41. The molecule has 1 fully saturated rings. The number of ether oxygens (including phenoxy) is 1. The third kappa shape index (κ3) is 2.73. The van der Waals surface area contributed by atoms with Crippen molar-refractivity contribution in [2.75, 3.05) is 18.6 Å². The predicted octanol–water partition coefficient (Wildman–Crippen LogP) is 2.21. The molecule has 1 heterocycles. The van der Waals surface area contributed by atoms with Crippen LogP contribution in [0.3, 0.4) is 0 Å². The molecule has 1 aromatic rings. The Morgan fingerprint density at radius 1 is 1.42 bits per heavy atom. The first-order valence-electron chi connectivity index (χ1n) is 6.59. The lowest BCUT2D eigenvalue weighted by molar-refractivity contribution is 0.0600. The van der Waals surface area contributed by atoms with Crippen molar-refractivity contribution >= 4 is 11.7 Å². The molecule has 19 heavy (non-hydrogen) atoms. The number of aliphatic hydroxyl groups excluding tert-OH is 1. The summed E-state index contributed by atoms with van der Waals surface area (Å²) in [4.78, 5) is 14.0. The molecule has 1 atom stereocenters. The second-order valence-corrected chi connectivity index (χ2v) is 5.62. The molecule has 1 unspecified atom stereocenters. The number of carbonyl (C=O) groups excluding carboxylic acids is 1. The van der Waals surface area contributed by atoms with Crippen molar-refractivity contribution in [3.8, 4) is 0 Å². The number of nitrogens with zero attached hydrogens (tertiary/aromatic N) is 1. The van der Waals surface area contributed by atoms with Gasteiger partial charge in [-0.25, -0.2) is 4.79 Å². The van der Waals surface area contributed by atoms with Gasteiger partial charge in [-0.15, -0.1) is 0 Å². The van der Waals surface area contributed by atoms with Gasteiger partial charge in [0.25, 0.3) is 0 Å². The Bertz CT molecular complexity index is 470. The number of aliphatic hydroxyl groups is 1. The van der Waals surface area contributed by atoms with Crippen LogP contribution in [0.25, 0.3) is 0 Å². The number of hydrogen-bond acceptors (Lipinski definition) is 4. The molecule has 1 aliphatic rings. The molecule has 0 spiro atoms. The molecule has 1 N–H and O–H groups in total. The van der Waals surface area contributed by atoms with Crippen LogP contribution >= 0.6 is 0 Å². The van der Waals surface area contributed by atoms with Gasteiger partial charge in [-0.05, 0) is 38.8 Å². The number of hydrogen-bond donors (Lipinski definition) is 1. The maximum absolute atomic E-state index is 11.9. The van der Waals surface area contributed by atoms with Crippen LogP contribution in [0.2, 0.25) is 0 Å². The van der Waals surface area contributed by atoms with Crippen LogP contribution in [0, 0.1) is 0 Å². The fraction of sp³-hybridized carbons (Fsp3) is 0.533. The van der Waals surface area contributed by atoms with Gasteiger partial charge in [0.1, 0.15) is 0 Å². The van der Waals surface area contributed by atoms with E-state index in [-0.39, 0.29) is 17.6 Å². The highest BCUT2D eigenvalue weighted by molar-refractivity contribution is 5.96. The summed E-state index contributed by atoms with van der Waals surface area (Å²) in [6.45, 7) is 4.81. The first-order chi connectivity index (χ1) is 8.95. The van der Waals surface area contributed by atoms with Crippen LogP contribution in [0.15, 0.2) is 24.3 Å². The van der Waals surface area contributed by atoms with Crippen molar-refractivity contribution in [3.63, 3.8) is 0 Å². The predicted molar refractivity (Wildman–Crippen MR) is 74.4 cm³/mol. The molecular formula is C15H21NO3. The van der Waals surface area contributed by atoms with Gasteiger partial charge in [-0.1, -0.05) is 12.1 Å². The topological polar surface area (TPSA) is 49.8 Å². The SMILES string of the molecule is COC(=O)c1ccccc1N1CC(O)CCC1(C)C. The van der Waals surface area contributed by atoms with Crippen molar-refractivity contribution in [1.82, 2.24) is 0 Å². The van der Waals surface area contributed by atoms with Crippen molar-refractivity contribution in [2.45, 2.75) is 38.3 Å². The number of anilines is 1. The number of methoxy groups -OCH3 is 1. The van der Waals surface area contributed by atoms with E-state index in [0.717, 1.165) is 18.5 Å². The molecule has 4 nitrogen and oxygen atoms in total. The second-order valence-electron chi connectivity index (χ2n) is 5.62. The first-order valence-corrected chi connectivity index (χ1v) is 6.59. The van der Waals surface area contributed by atoms with Gasteiger partial charge in [-0.3, -0.25) is 0 Å². The number of para-hydroxylation sites is 1. The van der Waals surface area contributed by atoms with Crippen LogP contribution in [0.4, 0.5) is 5.69 Å². The monoisotopic (exact) mass is 263 g/mol. The molecule has 1 saturated heterocycles. The van der Waals surface area contributed by atoms with Crippen LogP contribution < -0.4 is 4.90 Å². The number of β-amino-alcohol motifs (C(OH)–C–C–N with tert-alkyl or cyclic N) is 1. The standard InChI is InChI=1S/C15H21NO3/c1-15(2)9-8-11(17)10-16(15)13-7-5-4-6-12(13)14(18)19-3/h4-7,11,17H,8-10H2,1-3H3. The highest BCUT2D eigenvalue weighted by Crippen LogP contribution is 2.34. The number of piperidine rings is 1. The Labute approximate surface area is 114 Å². The number of carbonyl (C=O) groups is 1. The Morgan fingerprint density at radius 2 is 2.11 bits per heavy atom. The molecule has 1 aliphatic heterocycles. The minimum Gasteiger partial charge on any atom is -0.465 e. The van der Waals surface area contributed by atoms with Gasteiger partial charge in [0.05, 0.1) is 24.5 Å². The summed E-state index contributed by atoms with van der Waals surface area (Å²) in [5, 5.41) is 9.90. The Balaban J connectivity index is 2.42. The number of rotatable bonds is 2. The van der Waals surface area contributed by atoms with Crippen LogP contribution in [0.5, 0.6) is 0 Å². The van der Waals surface area contributed by atoms with Gasteiger partial charge >= 0.3 is 5.97 Å². The van der Waals surface area contributed by atoms with E-state index >= 15 is 0 Å². The van der Waals surface area contributed by atoms with Gasteiger partial charge in [0.2, 0.25) is 0 Å². The maximum Gasteiger partial charge on any atom is 0.339 e. The summed E-state index contributed by atoms with van der Waals surface area (Å²) in [5.41, 5.74) is 1.30. The van der Waals surface area contributed by atoms with E-state index in [0.29, 0.717) is 12.1 Å². The Kier molecular flexibility index (Phi) is 3.80. The summed E-state index contributed by atoms with van der Waals surface area (Å²) < 4.78 is 4.83. The van der Waals surface area contributed by atoms with Gasteiger partial charge in [0.15, 0.2) is 0 Å². The quantitative estimate of drug-likeness (QED) is 0.831. The Morgan fingerprint density at radius 3 is 2.79 bits per heavy atom. The normalized spacial score (nSPS) is 22.1. The summed E-state index contributed by atoms with van der Waals surface area (Å²) in [7, 11) is 1.38. The molecule has 0 bridgehead atoms. The molecule has 0 aliphatic carbocycles. The van der Waals surface area contributed by atoms with E-state index in [4.69, 9.17) is 4.74 Å². The average molecular weight is 263 g/mol. The summed E-state index contributed by atoms with van der Waals surface area (Å²) in [6.07, 6.45) is 1.34. The molecule has 0 radical (unpaired) electrons. The van der Waals surface area contributed by atoms with E-state index in [1.807, 2.05) is 18.2 Å². The molecule has 4 heteroatoms. The highest BCUT2D eigenvalue weighted by Gasteiger charge is 2.35. The molecule has 0 aromatic heterocycles. The molecule has 104 valence electrons. The molecule has 1 aromatic carbocycles. The van der Waals surface area contributed by atoms with E-state index < -0.39 is 0 Å². The summed E-state index contributed by atoms with van der Waals surface area (Å²) in [6, 6.07) is 7.40. The van der Waals surface area contributed by atoms with Gasteiger partial charge in [0, 0.05) is 12.1 Å². The molecule has 0 amide bonds. The summed E-state index contributed by atoms with van der Waals surface area (Å²) in [5.74, 6) is -0.341. The molecular weight excluding hydrogens is 242 g/mol. The van der Waals surface area contributed by atoms with E-state index in [2.05, 4.69) is 18.7 Å². The van der Waals surface area contributed by atoms with Crippen molar-refractivity contribution < 1.29 is 14.6 Å². The lowest BCUT2D eigenvalue weighted by Crippen LogP contribution is -2.52. The van der Waals surface area contributed by atoms with E-state index in [9.17, 15) is 9.90 Å². The summed E-state index contributed by atoms with van der Waals surface area (Å²) >= 11 is 0. The molecule has 0 saturated carbocycles. The third-order valence-electron chi connectivity index (χ3n) is 3.81. The fourth-order valence-corrected chi connectivity index (χ4v) is 2.62. The third-order valence-corrected chi connectivity index (χ3v) is 3.81. The van der Waals surface area contributed by atoms with Crippen molar-refractivity contribution in [3.05, 3.63) is 29.8 Å². The first kappa shape index (κ1) is 13.9. The van der Waals surface area contributed by atoms with Crippen LogP contribution in [-0.2, 0) is 4.74 Å². The number of benzene rings is 1. The van der Waals surface area contributed by atoms with Crippen LogP contribution in [0.1, 0.15) is 37.0 Å². The van der Waals surface area contributed by atoms with E-state index in [1.165, 1.54) is 7.11 Å². The van der Waals surface area contributed by atoms with E-state index in [1.54, 1.807) is 6.07 Å². The second kappa shape index (κ2) is 5.21. The van der Waals surface area contributed by atoms with Crippen molar-refractivity contribution in [1.29, 1.82) is 0 Å². The largest absolute Gasteiger partial charge is 0.465 e. The molecule has 2 rings (SSSR count). The zero-order valence-electron chi connectivity index (χ0n) is 11.7. The van der Waals surface area contributed by atoms with Gasteiger partial charge < -0.3 is 14.7 Å². The fourth-order valence-electron chi connectivity index (χ4n) is 2.62. The minimum atomic E-state index is -0.348. The van der Waals surface area contributed by atoms with Gasteiger partial charge in [-0.2, -0.15) is 0 Å². The lowest BCUT2D eigenvalue weighted by atomic mass is 9.88. The smallest absolute Gasteiger partial charge is 0.339 e. The maximum atomic E-state index is 11.9. The van der Waals surface area contributed by atoms with Crippen molar-refractivity contribution in [2.24, 2.45) is 0 Å². The highest BCUT2D eigenvalue weighted by atomic mass is 16.5. The Hall–Kier alpha value is -1.55. The zero-order valence-corrected chi connectivity index (χ0v) is 11.7. The number of esters is 1. The van der Waals surface area contributed by atoms with Crippen LogP contribution in [-0.4, -0.2) is 36.4 Å².